The molecule has 0 saturated carbocycles. The van der Waals surface area contributed by atoms with Gasteiger partial charge in [0.2, 0.25) is 0 Å². The number of rotatable bonds is 21. The van der Waals surface area contributed by atoms with Crippen molar-refractivity contribution in [1.29, 1.82) is 0 Å². The van der Waals surface area contributed by atoms with Crippen LogP contribution < -0.4 is 9.47 Å². The molecule has 0 aliphatic heterocycles. The molecule has 2 atom stereocenters. The molecule has 4 nitrogen and oxygen atoms in total. The zero-order chi connectivity index (χ0) is 51.5. The molecule has 0 amide bonds. The van der Waals surface area contributed by atoms with Crippen LogP contribution in [0, 0.1) is 0 Å². The van der Waals surface area contributed by atoms with Gasteiger partial charge in [-0.05, 0) is 103 Å². The molecule has 0 saturated heterocycles. The molecule has 8 aromatic carbocycles. The van der Waals surface area contributed by atoms with Crippen LogP contribution in [0.25, 0.3) is 0 Å². The molecule has 0 radical (unpaired) electrons. The Balaban J connectivity index is 1.20. The fraction of sp³-hybridized carbons (Fsp3) is 0.273. The van der Waals surface area contributed by atoms with Crippen LogP contribution in [0.1, 0.15) is 108 Å². The van der Waals surface area contributed by atoms with Gasteiger partial charge in [0, 0.05) is 25.3 Å². The van der Waals surface area contributed by atoms with E-state index in [9.17, 15) is 0 Å². The van der Waals surface area contributed by atoms with Gasteiger partial charge in [0.15, 0.2) is 13.6 Å². The number of hydrogen-bond donors (Lipinski definition) is 0. The fourth-order valence-corrected chi connectivity index (χ4v) is 14.4. The summed E-state index contributed by atoms with van der Waals surface area (Å²) in [7, 11) is 6.14. The maximum absolute atomic E-state index is 6.92. The van der Waals surface area contributed by atoms with Crippen LogP contribution in [-0.4, -0.2) is 47.7 Å². The summed E-state index contributed by atoms with van der Waals surface area (Å²) >= 11 is 0. The standard InChI is InChI=1S/C66H73BO4P2/c1-63(2,3)57-41-49(61(70-47-68-7)59(43-57)65(51-27-15-9-16-28-51,52-29-17-10-18-30-52)53-31-19-11-20-32-53)45-72-39-40-73(67)46-50-42-58(64(4,5)6)44-60(62(50)71-48-69-8)66(54-33-21-12-22-34-54,55-35-23-13-24-36-55)56-37-25-14-26-38-56/h9-38,41-44,72H,39-40,45-48,67H2,1-8H3. The number of benzene rings is 8. The van der Waals surface area contributed by atoms with E-state index < -0.39 is 18.6 Å². The van der Waals surface area contributed by atoms with Gasteiger partial charge in [-0.3, -0.25) is 0 Å². The first-order chi connectivity index (χ1) is 35.3. The molecule has 2 unspecified atom stereocenters. The topological polar surface area (TPSA) is 36.9 Å². The Labute approximate surface area is 440 Å². The largest absolute Gasteiger partial charge is 0.467 e. The highest BCUT2D eigenvalue weighted by molar-refractivity contribution is 7.81. The summed E-state index contributed by atoms with van der Waals surface area (Å²) in [6.45, 7) is 14.2. The lowest BCUT2D eigenvalue weighted by atomic mass is 9.63. The summed E-state index contributed by atoms with van der Waals surface area (Å²) in [4.78, 5) is 0. The Kier molecular flexibility index (Phi) is 17.6. The number of methoxy groups -OCH3 is 2. The summed E-state index contributed by atoms with van der Waals surface area (Å²) in [6, 6.07) is 75.5. The minimum Gasteiger partial charge on any atom is -0.467 e. The second kappa shape index (κ2) is 24.0. The van der Waals surface area contributed by atoms with Crippen molar-refractivity contribution in [3.05, 3.63) is 273 Å². The summed E-state index contributed by atoms with van der Waals surface area (Å²) in [5.41, 5.74) is 12.8. The molecule has 0 fully saturated rings. The third-order valence-electron chi connectivity index (χ3n) is 14.2. The Bertz CT molecular complexity index is 2780. The first-order valence-corrected chi connectivity index (χ1v) is 29.2. The first-order valence-electron chi connectivity index (χ1n) is 25.6. The molecular formula is C66H73BO4P2. The molecule has 0 N–H and O–H groups in total. The molecule has 8 rings (SSSR count). The van der Waals surface area contributed by atoms with Gasteiger partial charge in [0.05, 0.1) is 10.8 Å². The van der Waals surface area contributed by atoms with Gasteiger partial charge in [0.1, 0.15) is 19.1 Å². The van der Waals surface area contributed by atoms with Gasteiger partial charge in [-0.15, -0.1) is 16.4 Å². The van der Waals surface area contributed by atoms with Crippen LogP contribution in [0.3, 0.4) is 0 Å². The maximum atomic E-state index is 6.92. The Morgan fingerprint density at radius 3 is 1.01 bits per heavy atom. The van der Waals surface area contributed by atoms with Crippen molar-refractivity contribution in [1.82, 2.24) is 0 Å². The number of hydrogen-bond acceptors (Lipinski definition) is 4. The highest BCUT2D eigenvalue weighted by Gasteiger charge is 2.44. The zero-order valence-electron chi connectivity index (χ0n) is 44.5. The van der Waals surface area contributed by atoms with E-state index in [1.165, 1.54) is 55.6 Å². The fourth-order valence-electron chi connectivity index (χ4n) is 10.6. The summed E-state index contributed by atoms with van der Waals surface area (Å²) < 4.78 is 25.3. The van der Waals surface area contributed by atoms with Crippen molar-refractivity contribution in [2.24, 2.45) is 0 Å². The van der Waals surface area contributed by atoms with Crippen molar-refractivity contribution >= 4 is 23.9 Å². The van der Waals surface area contributed by atoms with Crippen molar-refractivity contribution < 1.29 is 18.9 Å². The minimum atomic E-state index is -0.678. The molecule has 0 aliphatic carbocycles. The van der Waals surface area contributed by atoms with E-state index >= 15 is 0 Å². The monoisotopic (exact) mass is 1000 g/mol. The predicted octanol–water partition coefficient (Wildman–Crippen LogP) is 15.4. The van der Waals surface area contributed by atoms with Crippen LogP contribution in [0.15, 0.2) is 206 Å². The Hall–Kier alpha value is -5.80. The predicted molar refractivity (Wildman–Crippen MR) is 313 cm³/mol. The second-order valence-electron chi connectivity index (χ2n) is 21.2. The van der Waals surface area contributed by atoms with Crippen molar-refractivity contribution in [3.8, 4) is 11.5 Å². The number of ether oxygens (including phenoxy) is 4. The van der Waals surface area contributed by atoms with Gasteiger partial charge < -0.3 is 18.9 Å². The normalized spacial score (nSPS) is 12.8. The lowest BCUT2D eigenvalue weighted by Gasteiger charge is -2.39. The third-order valence-corrected chi connectivity index (χ3v) is 17.7. The molecule has 8 aromatic rings. The van der Waals surface area contributed by atoms with Crippen molar-refractivity contribution in [2.45, 2.75) is 75.5 Å². The lowest BCUT2D eigenvalue weighted by molar-refractivity contribution is 0.0493. The minimum absolute atomic E-state index is 0.123. The van der Waals surface area contributed by atoms with Crippen molar-refractivity contribution in [3.63, 3.8) is 0 Å². The van der Waals surface area contributed by atoms with E-state index in [4.69, 9.17) is 18.9 Å². The van der Waals surface area contributed by atoms with Gasteiger partial charge in [-0.25, -0.2) is 0 Å². The summed E-state index contributed by atoms with van der Waals surface area (Å²) in [5.74, 6) is 1.82. The van der Waals surface area contributed by atoms with Crippen LogP contribution >= 0.6 is 16.4 Å². The molecule has 0 aromatic heterocycles. The van der Waals surface area contributed by atoms with E-state index in [2.05, 4.69) is 255 Å². The molecular weight excluding hydrogens is 929 g/mol. The van der Waals surface area contributed by atoms with E-state index in [-0.39, 0.29) is 24.4 Å². The quantitative estimate of drug-likeness (QED) is 0.0236. The van der Waals surface area contributed by atoms with E-state index in [1.807, 2.05) is 0 Å². The second-order valence-corrected chi connectivity index (χ2v) is 25.1. The van der Waals surface area contributed by atoms with E-state index in [0.29, 0.717) is 8.58 Å². The van der Waals surface area contributed by atoms with Gasteiger partial charge in [-0.1, -0.05) is 236 Å². The Morgan fingerprint density at radius 1 is 0.411 bits per heavy atom. The zero-order valence-corrected chi connectivity index (χ0v) is 46.3. The SMILES string of the molecule is BP(CCPCc1cc(C(C)(C)C)cc(C(c2ccccc2)(c2ccccc2)c2ccccc2)c1OCOC)Cc1cc(C(C)(C)C)cc(C(c2ccccc2)(c2ccccc2)c2ccccc2)c1OCOC. The molecule has 73 heavy (non-hydrogen) atoms. The highest BCUT2D eigenvalue weighted by atomic mass is 31.1. The van der Waals surface area contributed by atoms with E-state index in [0.717, 1.165) is 47.3 Å². The van der Waals surface area contributed by atoms with Crippen molar-refractivity contribution in [2.75, 3.05) is 40.1 Å². The molecule has 7 heteroatoms. The molecule has 374 valence electrons. The van der Waals surface area contributed by atoms with Crippen LogP contribution in [0.4, 0.5) is 0 Å². The lowest BCUT2D eigenvalue weighted by Crippen LogP contribution is -2.32. The first kappa shape index (κ1) is 53.5. The Morgan fingerprint density at radius 2 is 0.712 bits per heavy atom. The molecule has 0 heterocycles. The summed E-state index contributed by atoms with van der Waals surface area (Å²) in [5, 5.41) is 0. The van der Waals surface area contributed by atoms with Crippen LogP contribution in [0.5, 0.6) is 11.5 Å². The smallest absolute Gasteiger partial charge is 0.188 e. The van der Waals surface area contributed by atoms with E-state index in [1.54, 1.807) is 14.2 Å². The van der Waals surface area contributed by atoms with Gasteiger partial charge in [-0.2, -0.15) is 0 Å². The average molecular weight is 1000 g/mol. The molecule has 0 bridgehead atoms. The van der Waals surface area contributed by atoms with Crippen LogP contribution in [-0.2, 0) is 43.5 Å². The highest BCUT2D eigenvalue weighted by Crippen LogP contribution is 2.54. The van der Waals surface area contributed by atoms with Gasteiger partial charge >= 0.3 is 0 Å². The average Bonchev–Trinajstić information content (AvgIpc) is 3.41. The van der Waals surface area contributed by atoms with Gasteiger partial charge in [0.25, 0.3) is 0 Å². The van der Waals surface area contributed by atoms with Crippen LogP contribution in [0.2, 0.25) is 0 Å². The maximum Gasteiger partial charge on any atom is 0.188 e. The third kappa shape index (κ3) is 11.6. The summed E-state index contributed by atoms with van der Waals surface area (Å²) in [6.07, 6.45) is 4.04. The molecule has 0 spiro atoms. The molecule has 0 aliphatic rings.